The number of nitrogens with zero attached hydrogens (tertiary/aromatic N) is 1. The highest BCUT2D eigenvalue weighted by atomic mass is 16.5. The number of rotatable bonds is 6. The van der Waals surface area contributed by atoms with Crippen LogP contribution in [0.5, 0.6) is 5.75 Å². The summed E-state index contributed by atoms with van der Waals surface area (Å²) in [7, 11) is 3.53. The Balaban J connectivity index is 2.14. The van der Waals surface area contributed by atoms with Crippen molar-refractivity contribution in [3.05, 3.63) is 66.4 Å². The molecule has 0 amide bonds. The first-order valence-electron chi connectivity index (χ1n) is 7.77. The topological polar surface area (TPSA) is 46.4 Å². The fraction of sp³-hybridized carbons (Fsp3) is 0.263. The quantitative estimate of drug-likeness (QED) is 0.736. The Bertz CT molecular complexity index is 767. The van der Waals surface area contributed by atoms with Crippen LogP contribution in [0.15, 0.2) is 60.8 Å². The van der Waals surface area contributed by atoms with E-state index in [1.165, 1.54) is 0 Å². The van der Waals surface area contributed by atoms with E-state index in [1.54, 1.807) is 7.11 Å². The Kier molecular flexibility index (Phi) is 4.65. The molecule has 0 saturated carbocycles. The van der Waals surface area contributed by atoms with Crippen molar-refractivity contribution in [2.75, 3.05) is 20.7 Å². The molecule has 3 aromatic rings. The number of likely N-dealkylation sites (N-methyl/N-ethyl adjacent to an activating group) is 1. The Hall–Kier alpha value is -2.30. The molecule has 2 aromatic carbocycles. The number of aromatic nitrogens is 1. The van der Waals surface area contributed by atoms with Crippen molar-refractivity contribution in [3.8, 4) is 5.75 Å². The van der Waals surface area contributed by atoms with Crippen LogP contribution in [0.25, 0.3) is 10.9 Å². The maximum Gasteiger partial charge on any atom is 0.128 e. The minimum absolute atomic E-state index is 0.159. The molecule has 0 aliphatic heterocycles. The third kappa shape index (κ3) is 2.96. The molecule has 0 fully saturated rings. The molecule has 3 rings (SSSR count). The van der Waals surface area contributed by atoms with Crippen LogP contribution in [0.2, 0.25) is 0 Å². The molecule has 4 heteroatoms. The zero-order valence-electron chi connectivity index (χ0n) is 13.4. The van der Waals surface area contributed by atoms with Gasteiger partial charge in [0.25, 0.3) is 0 Å². The molecule has 120 valence electrons. The van der Waals surface area contributed by atoms with Gasteiger partial charge >= 0.3 is 0 Å². The molecule has 0 radical (unpaired) electrons. The Morgan fingerprint density at radius 2 is 1.87 bits per heavy atom. The number of hydrogen-bond donors (Lipinski definition) is 2. The molecular weight excluding hydrogens is 288 g/mol. The average Bonchev–Trinajstić information content (AvgIpc) is 3.00. The van der Waals surface area contributed by atoms with Gasteiger partial charge in [-0.3, -0.25) is 0 Å². The molecule has 23 heavy (non-hydrogen) atoms. The number of nitrogens with one attached hydrogen (secondary N) is 1. The highest BCUT2D eigenvalue weighted by Crippen LogP contribution is 2.32. The van der Waals surface area contributed by atoms with Crippen LogP contribution < -0.4 is 10.1 Å². The Labute approximate surface area is 136 Å². The molecule has 1 heterocycles. The van der Waals surface area contributed by atoms with Crippen LogP contribution in [-0.4, -0.2) is 36.5 Å². The number of aliphatic hydroxyl groups excluding tert-OH is 1. The third-order valence-electron chi connectivity index (χ3n) is 4.16. The Morgan fingerprint density at radius 3 is 2.57 bits per heavy atom. The van der Waals surface area contributed by atoms with Crippen LogP contribution in [0.3, 0.4) is 0 Å². The molecule has 2 unspecified atom stereocenters. The standard InChI is InChI=1S/C19H22N2O2/c1-20-13-17(22)19(14-7-4-3-5-8-14)21-12-11-15-16(21)9-6-10-18(15)23-2/h3-12,17,19-20,22H,13H2,1-2H3. The van der Waals surface area contributed by atoms with Gasteiger partial charge in [0.05, 0.1) is 24.8 Å². The van der Waals surface area contributed by atoms with E-state index in [-0.39, 0.29) is 6.04 Å². The zero-order valence-corrected chi connectivity index (χ0v) is 13.4. The van der Waals surface area contributed by atoms with Gasteiger partial charge in [0.1, 0.15) is 5.75 Å². The highest BCUT2D eigenvalue weighted by Gasteiger charge is 2.24. The lowest BCUT2D eigenvalue weighted by Gasteiger charge is -2.26. The summed E-state index contributed by atoms with van der Waals surface area (Å²) in [6.07, 6.45) is 1.48. The molecular formula is C19H22N2O2. The molecule has 4 nitrogen and oxygen atoms in total. The first-order valence-corrected chi connectivity index (χ1v) is 7.77. The van der Waals surface area contributed by atoms with E-state index in [0.717, 1.165) is 22.2 Å². The zero-order chi connectivity index (χ0) is 16.2. The summed E-state index contributed by atoms with van der Waals surface area (Å²) in [4.78, 5) is 0. The van der Waals surface area contributed by atoms with E-state index in [9.17, 15) is 5.11 Å². The average molecular weight is 310 g/mol. The van der Waals surface area contributed by atoms with Gasteiger partial charge in [-0.05, 0) is 30.8 Å². The minimum atomic E-state index is -0.538. The maximum atomic E-state index is 10.7. The van der Waals surface area contributed by atoms with Gasteiger partial charge in [-0.1, -0.05) is 36.4 Å². The predicted octanol–water partition coefficient (Wildman–Crippen LogP) is 2.82. The number of benzene rings is 2. The fourth-order valence-corrected chi connectivity index (χ4v) is 3.12. The van der Waals surface area contributed by atoms with Gasteiger partial charge in [0, 0.05) is 18.1 Å². The van der Waals surface area contributed by atoms with Crippen molar-refractivity contribution >= 4 is 10.9 Å². The second-order valence-corrected chi connectivity index (χ2v) is 5.60. The van der Waals surface area contributed by atoms with Gasteiger partial charge in [-0.2, -0.15) is 0 Å². The van der Waals surface area contributed by atoms with Crippen molar-refractivity contribution in [2.45, 2.75) is 12.1 Å². The SMILES string of the molecule is CNCC(O)C(c1ccccc1)n1ccc2c(OC)cccc21. The van der Waals surface area contributed by atoms with Crippen LogP contribution >= 0.6 is 0 Å². The molecule has 0 aliphatic carbocycles. The number of fused-ring (bicyclic) bond motifs is 1. The molecule has 0 bridgehead atoms. The second-order valence-electron chi connectivity index (χ2n) is 5.60. The number of aliphatic hydroxyl groups is 1. The summed E-state index contributed by atoms with van der Waals surface area (Å²) < 4.78 is 7.57. The van der Waals surface area contributed by atoms with Crippen molar-refractivity contribution in [2.24, 2.45) is 0 Å². The van der Waals surface area contributed by atoms with Gasteiger partial charge < -0.3 is 19.7 Å². The molecule has 2 N–H and O–H groups in total. The summed E-state index contributed by atoms with van der Waals surface area (Å²) in [5, 5.41) is 14.8. The molecule has 2 atom stereocenters. The minimum Gasteiger partial charge on any atom is -0.496 e. The first kappa shape index (κ1) is 15.6. The third-order valence-corrected chi connectivity index (χ3v) is 4.16. The number of hydrogen-bond acceptors (Lipinski definition) is 3. The van der Waals surface area contributed by atoms with Crippen LogP contribution in [0, 0.1) is 0 Å². The molecule has 0 aliphatic rings. The van der Waals surface area contributed by atoms with Crippen LogP contribution in [0.4, 0.5) is 0 Å². The van der Waals surface area contributed by atoms with E-state index >= 15 is 0 Å². The van der Waals surface area contributed by atoms with E-state index in [0.29, 0.717) is 6.54 Å². The largest absolute Gasteiger partial charge is 0.496 e. The van der Waals surface area contributed by atoms with Gasteiger partial charge in [0.2, 0.25) is 0 Å². The van der Waals surface area contributed by atoms with E-state index in [1.807, 2.05) is 49.6 Å². The normalized spacial score (nSPS) is 13.9. The maximum absolute atomic E-state index is 10.7. The Morgan fingerprint density at radius 1 is 1.09 bits per heavy atom. The summed E-state index contributed by atoms with van der Waals surface area (Å²) in [5.74, 6) is 0.844. The molecule has 1 aromatic heterocycles. The van der Waals surface area contributed by atoms with Crippen LogP contribution in [-0.2, 0) is 0 Å². The lowest BCUT2D eigenvalue weighted by atomic mass is 10.0. The molecule has 0 saturated heterocycles. The summed E-state index contributed by atoms with van der Waals surface area (Å²) in [6.45, 7) is 0.517. The van der Waals surface area contributed by atoms with Gasteiger partial charge in [-0.25, -0.2) is 0 Å². The van der Waals surface area contributed by atoms with Gasteiger partial charge in [0.15, 0.2) is 0 Å². The van der Waals surface area contributed by atoms with Gasteiger partial charge in [-0.15, -0.1) is 0 Å². The van der Waals surface area contributed by atoms with Crippen molar-refractivity contribution in [1.29, 1.82) is 0 Å². The van der Waals surface area contributed by atoms with E-state index < -0.39 is 6.10 Å². The monoisotopic (exact) mass is 310 g/mol. The van der Waals surface area contributed by atoms with E-state index in [2.05, 4.69) is 28.1 Å². The first-order chi connectivity index (χ1) is 11.3. The van der Waals surface area contributed by atoms with Crippen molar-refractivity contribution in [1.82, 2.24) is 9.88 Å². The highest BCUT2D eigenvalue weighted by molar-refractivity contribution is 5.86. The van der Waals surface area contributed by atoms with Crippen LogP contribution in [0.1, 0.15) is 11.6 Å². The predicted molar refractivity (Wildman–Crippen MR) is 93.0 cm³/mol. The smallest absolute Gasteiger partial charge is 0.128 e. The van der Waals surface area contributed by atoms with Crippen molar-refractivity contribution in [3.63, 3.8) is 0 Å². The lowest BCUT2D eigenvalue weighted by Crippen LogP contribution is -2.33. The summed E-state index contributed by atoms with van der Waals surface area (Å²) in [5.41, 5.74) is 2.13. The molecule has 0 spiro atoms. The van der Waals surface area contributed by atoms with Crippen molar-refractivity contribution < 1.29 is 9.84 Å². The number of methoxy groups -OCH3 is 1. The summed E-state index contributed by atoms with van der Waals surface area (Å²) >= 11 is 0. The summed E-state index contributed by atoms with van der Waals surface area (Å²) in [6, 6.07) is 18.0. The lowest BCUT2D eigenvalue weighted by molar-refractivity contribution is 0.132. The second kappa shape index (κ2) is 6.86. The fourth-order valence-electron chi connectivity index (χ4n) is 3.12. The van der Waals surface area contributed by atoms with E-state index in [4.69, 9.17) is 4.74 Å². The number of ether oxygens (including phenoxy) is 1.